The van der Waals surface area contributed by atoms with Gasteiger partial charge in [-0.1, -0.05) is 62.4 Å². The lowest BCUT2D eigenvalue weighted by Crippen LogP contribution is -2.28. The fourth-order valence-corrected chi connectivity index (χ4v) is 4.79. The molecule has 0 saturated carbocycles. The third-order valence-electron chi connectivity index (χ3n) is 5.45. The molecule has 30 heavy (non-hydrogen) atoms. The maximum atomic E-state index is 12.9. The van der Waals surface area contributed by atoms with E-state index < -0.39 is 0 Å². The van der Waals surface area contributed by atoms with E-state index in [2.05, 4.69) is 24.1 Å². The predicted octanol–water partition coefficient (Wildman–Crippen LogP) is 4.93. The highest BCUT2D eigenvalue weighted by molar-refractivity contribution is 7.16. The Morgan fingerprint density at radius 2 is 1.83 bits per heavy atom. The van der Waals surface area contributed by atoms with Crippen LogP contribution in [0.2, 0.25) is 0 Å². The van der Waals surface area contributed by atoms with E-state index in [0.29, 0.717) is 11.7 Å². The van der Waals surface area contributed by atoms with Crippen LogP contribution < -0.4 is 10.2 Å². The predicted molar refractivity (Wildman–Crippen MR) is 122 cm³/mol. The number of aryl methyl sites for hydroxylation is 2. The Morgan fingerprint density at radius 3 is 2.57 bits per heavy atom. The molecule has 1 aliphatic rings. The van der Waals surface area contributed by atoms with Gasteiger partial charge in [-0.3, -0.25) is 9.59 Å². The van der Waals surface area contributed by atoms with Crippen LogP contribution in [-0.2, 0) is 22.4 Å². The summed E-state index contributed by atoms with van der Waals surface area (Å²) in [6.07, 6.45) is 1.92. The summed E-state index contributed by atoms with van der Waals surface area (Å²) in [5, 5.41) is 3.55. The second-order valence-electron chi connectivity index (χ2n) is 7.39. The van der Waals surface area contributed by atoms with Crippen LogP contribution >= 0.6 is 11.3 Å². The molecule has 0 bridgehead atoms. The zero-order valence-corrected chi connectivity index (χ0v) is 18.0. The van der Waals surface area contributed by atoms with E-state index in [0.717, 1.165) is 40.2 Å². The van der Waals surface area contributed by atoms with Crippen LogP contribution in [0.4, 0.5) is 10.8 Å². The minimum absolute atomic E-state index is 0.00518. The molecule has 0 radical (unpaired) electrons. The molecule has 1 unspecified atom stereocenters. The van der Waals surface area contributed by atoms with Crippen LogP contribution in [0.15, 0.2) is 54.6 Å². The number of hydrogen-bond donors (Lipinski definition) is 1. The average Bonchev–Trinajstić information content (AvgIpc) is 3.37. The van der Waals surface area contributed by atoms with Gasteiger partial charge in [-0.25, -0.2) is 4.98 Å². The van der Waals surface area contributed by atoms with E-state index in [1.165, 1.54) is 11.3 Å². The lowest BCUT2D eigenvalue weighted by Gasteiger charge is -2.19. The summed E-state index contributed by atoms with van der Waals surface area (Å²) in [7, 11) is 0. The second-order valence-corrected chi connectivity index (χ2v) is 8.47. The van der Waals surface area contributed by atoms with Crippen molar-refractivity contribution in [3.05, 3.63) is 65.0 Å². The summed E-state index contributed by atoms with van der Waals surface area (Å²) in [5.41, 5.74) is 3.99. The molecule has 6 heteroatoms. The van der Waals surface area contributed by atoms with Gasteiger partial charge in [-0.2, -0.15) is 0 Å². The number of aromatic nitrogens is 1. The molecule has 4 rings (SSSR count). The minimum atomic E-state index is -0.378. The third kappa shape index (κ3) is 4.00. The number of anilines is 2. The average molecular weight is 420 g/mol. The fraction of sp³-hybridized carbons (Fsp3) is 0.292. The lowest BCUT2D eigenvalue weighted by atomic mass is 10.1. The van der Waals surface area contributed by atoms with Crippen molar-refractivity contribution in [2.24, 2.45) is 5.92 Å². The molecule has 1 aromatic heterocycles. The Bertz CT molecular complexity index is 1060. The summed E-state index contributed by atoms with van der Waals surface area (Å²) in [6, 6.07) is 17.9. The Balaban J connectivity index is 1.50. The van der Waals surface area contributed by atoms with Crippen LogP contribution in [-0.4, -0.2) is 23.3 Å². The molecular formula is C24H25N3O2S. The van der Waals surface area contributed by atoms with Crippen LogP contribution in [0.5, 0.6) is 0 Å². The van der Waals surface area contributed by atoms with Crippen molar-refractivity contribution in [1.29, 1.82) is 0 Å². The van der Waals surface area contributed by atoms with Crippen molar-refractivity contribution in [3.63, 3.8) is 0 Å². The van der Waals surface area contributed by atoms with Gasteiger partial charge in [0.15, 0.2) is 5.13 Å². The van der Waals surface area contributed by atoms with Crippen LogP contribution in [0.25, 0.3) is 11.3 Å². The molecule has 5 nitrogen and oxygen atoms in total. The van der Waals surface area contributed by atoms with Gasteiger partial charge < -0.3 is 10.2 Å². The molecule has 1 saturated heterocycles. The zero-order valence-electron chi connectivity index (χ0n) is 17.2. The summed E-state index contributed by atoms with van der Waals surface area (Å²) in [6.45, 7) is 4.56. The highest BCUT2D eigenvalue weighted by atomic mass is 32.1. The van der Waals surface area contributed by atoms with Crippen molar-refractivity contribution >= 4 is 34.0 Å². The van der Waals surface area contributed by atoms with Gasteiger partial charge in [-0.05, 0) is 24.5 Å². The van der Waals surface area contributed by atoms with Gasteiger partial charge in [0.25, 0.3) is 0 Å². The molecule has 2 amide bonds. The van der Waals surface area contributed by atoms with Gasteiger partial charge >= 0.3 is 0 Å². The van der Waals surface area contributed by atoms with Gasteiger partial charge in [0.05, 0.1) is 11.6 Å². The van der Waals surface area contributed by atoms with Crippen molar-refractivity contribution in [2.75, 3.05) is 16.8 Å². The van der Waals surface area contributed by atoms with Gasteiger partial charge in [0.1, 0.15) is 0 Å². The first-order valence-electron chi connectivity index (χ1n) is 10.3. The Hall–Kier alpha value is -2.99. The third-order valence-corrected chi connectivity index (χ3v) is 6.57. The number of rotatable bonds is 6. The van der Waals surface area contributed by atoms with E-state index >= 15 is 0 Å². The zero-order chi connectivity index (χ0) is 21.1. The molecule has 1 fully saturated rings. The van der Waals surface area contributed by atoms with Gasteiger partial charge in [-0.15, -0.1) is 11.3 Å². The first-order valence-corrected chi connectivity index (χ1v) is 11.2. The van der Waals surface area contributed by atoms with Gasteiger partial charge in [0.2, 0.25) is 11.8 Å². The largest absolute Gasteiger partial charge is 0.311 e. The molecule has 2 heterocycles. The molecule has 1 aliphatic heterocycles. The number of nitrogens with zero attached hydrogens (tertiary/aromatic N) is 2. The first kappa shape index (κ1) is 20.3. The number of nitrogens with one attached hydrogen (secondary N) is 1. The second kappa shape index (κ2) is 8.79. The van der Waals surface area contributed by atoms with E-state index in [4.69, 9.17) is 0 Å². The number of para-hydroxylation sites is 1. The van der Waals surface area contributed by atoms with Crippen molar-refractivity contribution in [2.45, 2.75) is 33.1 Å². The maximum absolute atomic E-state index is 12.9. The highest BCUT2D eigenvalue weighted by Crippen LogP contribution is 2.33. The maximum Gasteiger partial charge on any atom is 0.231 e. The molecule has 154 valence electrons. The Morgan fingerprint density at radius 1 is 1.10 bits per heavy atom. The van der Waals surface area contributed by atoms with Crippen LogP contribution in [0, 0.1) is 5.92 Å². The van der Waals surface area contributed by atoms with E-state index in [1.807, 2.05) is 54.6 Å². The van der Waals surface area contributed by atoms with Crippen LogP contribution in [0.1, 0.15) is 30.7 Å². The SMILES string of the molecule is CCc1ccccc1N1CC(C(=O)Nc2nc(-c3ccccc3)c(CC)s2)CC1=O. The summed E-state index contributed by atoms with van der Waals surface area (Å²) in [5.74, 6) is -0.526. The lowest BCUT2D eigenvalue weighted by molar-refractivity contribution is -0.122. The Labute approximate surface area is 180 Å². The van der Waals surface area contributed by atoms with Crippen molar-refractivity contribution in [1.82, 2.24) is 4.98 Å². The summed E-state index contributed by atoms with van der Waals surface area (Å²) < 4.78 is 0. The Kier molecular flexibility index (Phi) is 5.95. The quantitative estimate of drug-likeness (QED) is 0.616. The monoisotopic (exact) mass is 419 g/mol. The normalized spacial score (nSPS) is 16.1. The number of thiazole rings is 1. The molecule has 0 aliphatic carbocycles. The number of amides is 2. The molecule has 2 aromatic carbocycles. The first-order chi connectivity index (χ1) is 14.6. The number of benzene rings is 2. The van der Waals surface area contributed by atoms with Crippen molar-refractivity contribution in [3.8, 4) is 11.3 Å². The summed E-state index contributed by atoms with van der Waals surface area (Å²) in [4.78, 5) is 33.1. The topological polar surface area (TPSA) is 62.3 Å². The molecule has 1 N–H and O–H groups in total. The highest BCUT2D eigenvalue weighted by Gasteiger charge is 2.36. The number of hydrogen-bond acceptors (Lipinski definition) is 4. The van der Waals surface area contributed by atoms with Gasteiger partial charge in [0, 0.05) is 29.1 Å². The van der Waals surface area contributed by atoms with E-state index in [9.17, 15) is 9.59 Å². The molecule has 0 spiro atoms. The number of carbonyl (C=O) groups is 2. The fourth-order valence-electron chi connectivity index (χ4n) is 3.86. The van der Waals surface area contributed by atoms with Crippen molar-refractivity contribution < 1.29 is 9.59 Å². The molecule has 1 atom stereocenters. The number of carbonyl (C=O) groups excluding carboxylic acids is 2. The van der Waals surface area contributed by atoms with Crippen LogP contribution in [0.3, 0.4) is 0 Å². The smallest absolute Gasteiger partial charge is 0.231 e. The molecule has 3 aromatic rings. The minimum Gasteiger partial charge on any atom is -0.311 e. The standard InChI is InChI=1S/C24H25N3O2S/c1-3-16-10-8-9-13-19(16)27-15-18(14-21(27)28)23(29)26-24-25-22(20(4-2)30-24)17-11-6-5-7-12-17/h5-13,18H,3-4,14-15H2,1-2H3,(H,25,26,29). The van der Waals surface area contributed by atoms with E-state index in [1.54, 1.807) is 4.90 Å². The van der Waals surface area contributed by atoms with E-state index in [-0.39, 0.29) is 24.2 Å². The molecular weight excluding hydrogens is 394 g/mol. The summed E-state index contributed by atoms with van der Waals surface area (Å²) >= 11 is 1.50.